The topological polar surface area (TPSA) is 9.23 Å². The van der Waals surface area contributed by atoms with Gasteiger partial charge in [0.05, 0.1) is 0 Å². The van der Waals surface area contributed by atoms with Crippen LogP contribution in [-0.2, 0) is 4.74 Å². The Morgan fingerprint density at radius 2 is 0.314 bits per heavy atom. The Labute approximate surface area is 409 Å². The van der Waals surface area contributed by atoms with Gasteiger partial charge in [0.25, 0.3) is 0 Å². The molecule has 0 aliphatic carbocycles. The number of hydrogen-bond donors (Lipinski definition) is 0. The van der Waals surface area contributed by atoms with Gasteiger partial charge < -0.3 is 4.74 Å². The van der Waals surface area contributed by atoms with Crippen molar-refractivity contribution >= 4 is 68.9 Å². The molecule has 0 unspecified atom stereocenters. The Morgan fingerprint density at radius 3 is 0.443 bits per heavy atom. The van der Waals surface area contributed by atoms with Gasteiger partial charge >= 0.3 is 131 Å². The van der Waals surface area contributed by atoms with Gasteiger partial charge in [-0.15, -0.1) is 0 Å². The van der Waals surface area contributed by atoms with E-state index in [9.17, 15) is 193 Å². The fourth-order valence-electron chi connectivity index (χ4n) is 4.01. The predicted octanol–water partition coefficient (Wildman–Crippen LogP) is 13.9. The van der Waals surface area contributed by atoms with E-state index < -0.39 is 145 Å². The molecule has 0 saturated carbocycles. The van der Waals surface area contributed by atoms with Crippen LogP contribution in [-0.4, -0.2) is 213 Å². The second-order valence-corrected chi connectivity index (χ2v) is 12.9. The Kier molecular flexibility index (Phi) is 18.9. The van der Waals surface area contributed by atoms with Gasteiger partial charge in [0.15, 0.2) is 0 Å². The third-order valence-corrected chi connectivity index (χ3v) is 8.39. The second kappa shape index (κ2) is 18.6. The largest absolute Gasteiger partial charge is 0.385 e. The summed E-state index contributed by atoms with van der Waals surface area (Å²) in [7, 11) is 0. The van der Waals surface area contributed by atoms with Gasteiger partial charge in [0.1, 0.15) is 13.2 Å². The van der Waals surface area contributed by atoms with E-state index in [1.165, 1.54) is 0 Å². The average molecular weight is 1280 g/mol. The Balaban J connectivity index is 0. The van der Waals surface area contributed by atoms with Crippen LogP contribution in [0.3, 0.4) is 0 Å². The minimum atomic E-state index is -9.95. The van der Waals surface area contributed by atoms with Crippen molar-refractivity contribution in [3.63, 3.8) is 0 Å². The van der Waals surface area contributed by atoms with Gasteiger partial charge in [0.2, 0.25) is 0 Å². The van der Waals surface area contributed by atoms with Gasteiger partial charge in [-0.2, -0.15) is 176 Å². The first-order chi connectivity index (χ1) is 29.1. The standard InChI is InChI=1S/C24H6F44O.Cs/c25-3(26)7(33,34)11(41,42)15(49,50)19(57,58)23(65,66)21(61,62)17(53,54)13(45,46)9(37,38)5(29,30)1-69-2-6(31,32)10(39,40)14(47,48)18(55,56)22(63,64)24(67,68)20(59,60)16(51,52)12(43,44)8(35,36)4(27)28;/h3-4H,1-2H2;. The van der Waals surface area contributed by atoms with Crippen LogP contribution in [0.2, 0.25) is 0 Å². The molecule has 0 bridgehead atoms. The molecule has 0 spiro atoms. The summed E-state index contributed by atoms with van der Waals surface area (Å²) in [4.78, 5) is 0. The van der Waals surface area contributed by atoms with Crippen molar-refractivity contribution in [1.82, 2.24) is 0 Å². The minimum Gasteiger partial charge on any atom is -0.368 e. The molecule has 0 N–H and O–H groups in total. The summed E-state index contributed by atoms with van der Waals surface area (Å²) in [6.07, 6.45) is -13.0. The molecule has 0 aromatic carbocycles. The smallest absolute Gasteiger partial charge is 0.368 e. The summed E-state index contributed by atoms with van der Waals surface area (Å²) in [6, 6.07) is 0. The number of hydrogen-bond acceptors (Lipinski definition) is 1. The second-order valence-electron chi connectivity index (χ2n) is 12.9. The van der Waals surface area contributed by atoms with Crippen molar-refractivity contribution in [3.05, 3.63) is 0 Å². The molecule has 0 atom stereocenters. The van der Waals surface area contributed by atoms with Crippen LogP contribution >= 0.6 is 0 Å². The van der Waals surface area contributed by atoms with Crippen molar-refractivity contribution in [2.45, 2.75) is 131 Å². The Bertz CT molecular complexity index is 1680. The van der Waals surface area contributed by atoms with Crippen molar-refractivity contribution in [2.24, 2.45) is 0 Å². The van der Waals surface area contributed by atoms with Gasteiger partial charge in [-0.3, -0.25) is 0 Å². The number of ether oxygens (including phenoxy) is 1. The van der Waals surface area contributed by atoms with E-state index in [1.54, 1.807) is 0 Å². The zero-order chi connectivity index (χ0) is 57.3. The summed E-state index contributed by atoms with van der Waals surface area (Å²) in [5, 5.41) is 0. The third kappa shape index (κ3) is 8.89. The molecule has 1 radical (unpaired) electrons. The summed E-state index contributed by atoms with van der Waals surface area (Å²) in [6.45, 7) is -10.0. The van der Waals surface area contributed by atoms with Gasteiger partial charge in [-0.25, -0.2) is 17.6 Å². The number of halogens is 44. The predicted molar refractivity (Wildman–Crippen MR) is 128 cm³/mol. The molecule has 70 heavy (non-hydrogen) atoms. The average Bonchev–Trinajstić information content (AvgIpc) is 3.12. The molecule has 0 aromatic heterocycles. The Hall–Kier alpha value is -1.07. The van der Waals surface area contributed by atoms with E-state index in [4.69, 9.17) is 0 Å². The molecular formula is C24H6CsF44O. The normalized spacial score (nSPS) is 16.9. The molecule has 0 saturated heterocycles. The first-order valence-corrected chi connectivity index (χ1v) is 14.8. The summed E-state index contributed by atoms with van der Waals surface area (Å²) < 4.78 is 596. The van der Waals surface area contributed by atoms with Crippen LogP contribution in [0.5, 0.6) is 0 Å². The van der Waals surface area contributed by atoms with Gasteiger partial charge in [0, 0.05) is 68.9 Å². The molecule has 0 aromatic rings. The van der Waals surface area contributed by atoms with Crippen molar-refractivity contribution in [2.75, 3.05) is 13.2 Å². The fraction of sp³-hybridized carbons (Fsp3) is 1.00. The summed E-state index contributed by atoms with van der Waals surface area (Å²) in [5.74, 6) is -187. The molecule has 0 heterocycles. The molecule has 0 fully saturated rings. The molecule has 417 valence electrons. The van der Waals surface area contributed by atoms with Crippen molar-refractivity contribution in [1.29, 1.82) is 0 Å². The van der Waals surface area contributed by atoms with Crippen LogP contribution in [0.4, 0.5) is 193 Å². The zero-order valence-electron chi connectivity index (χ0n) is 30.6. The van der Waals surface area contributed by atoms with Crippen LogP contribution in [0.15, 0.2) is 0 Å². The van der Waals surface area contributed by atoms with Gasteiger partial charge in [-0.05, 0) is 0 Å². The molecule has 0 amide bonds. The monoisotopic (exact) mass is 1280 g/mol. The molecule has 46 heteroatoms. The van der Waals surface area contributed by atoms with Crippen LogP contribution in [0.25, 0.3) is 0 Å². The molecule has 0 aliphatic rings. The van der Waals surface area contributed by atoms with Crippen LogP contribution < -0.4 is 0 Å². The summed E-state index contributed by atoms with van der Waals surface area (Å²) in [5.41, 5.74) is 0. The van der Waals surface area contributed by atoms with Gasteiger partial charge in [-0.1, -0.05) is 0 Å². The van der Waals surface area contributed by atoms with E-state index in [0.717, 1.165) is 0 Å². The minimum absolute atomic E-state index is 0. The Morgan fingerprint density at radius 1 is 0.200 bits per heavy atom. The SMILES string of the molecule is FC(F)C(F)(F)C(F)(F)C(F)(F)C(F)(F)C(F)(F)C(F)(F)C(F)(F)C(F)(F)C(F)(F)C(F)(F)COCC(F)(F)C(F)(F)C(F)(F)C(F)(F)C(F)(F)C(F)(F)C(F)(F)C(F)(F)C(F)(F)C(F)(F)C(F)F.[Cs]. The quantitative estimate of drug-likeness (QED) is 0.0876. The first-order valence-electron chi connectivity index (χ1n) is 14.8. The van der Waals surface area contributed by atoms with E-state index in [0.29, 0.717) is 0 Å². The van der Waals surface area contributed by atoms with Crippen LogP contribution in [0, 0.1) is 0 Å². The number of alkyl halides is 44. The fourth-order valence-corrected chi connectivity index (χ4v) is 4.01. The maximum atomic E-state index is 13.9. The molecule has 1 nitrogen and oxygen atoms in total. The van der Waals surface area contributed by atoms with Crippen molar-refractivity contribution in [3.8, 4) is 0 Å². The van der Waals surface area contributed by atoms with E-state index in [2.05, 4.69) is 4.74 Å². The maximum Gasteiger partial charge on any atom is 0.385 e. The maximum absolute atomic E-state index is 13.9. The zero-order valence-corrected chi connectivity index (χ0v) is 36.9. The van der Waals surface area contributed by atoms with E-state index >= 15 is 0 Å². The molecule has 0 aliphatic heterocycles. The first kappa shape index (κ1) is 71.0. The number of rotatable bonds is 24. The van der Waals surface area contributed by atoms with Crippen molar-refractivity contribution < 1.29 is 198 Å². The third-order valence-electron chi connectivity index (χ3n) is 8.39. The molecule has 0 rings (SSSR count). The van der Waals surface area contributed by atoms with Crippen LogP contribution in [0.1, 0.15) is 0 Å². The van der Waals surface area contributed by atoms with E-state index in [1.807, 2.05) is 0 Å². The molecular weight excluding hydrogens is 1270 g/mol. The van der Waals surface area contributed by atoms with E-state index in [-0.39, 0.29) is 68.9 Å². The summed E-state index contributed by atoms with van der Waals surface area (Å²) >= 11 is 0.